The van der Waals surface area contributed by atoms with E-state index in [0.29, 0.717) is 24.5 Å². The Morgan fingerprint density at radius 2 is 1.61 bits per heavy atom. The van der Waals surface area contributed by atoms with Crippen LogP contribution in [0.15, 0.2) is 52.9 Å². The van der Waals surface area contributed by atoms with Gasteiger partial charge in [0.15, 0.2) is 0 Å². The fourth-order valence-electron chi connectivity index (χ4n) is 3.62. The van der Waals surface area contributed by atoms with Crippen LogP contribution in [0.3, 0.4) is 0 Å². The van der Waals surface area contributed by atoms with E-state index >= 15 is 0 Å². The van der Waals surface area contributed by atoms with Crippen molar-refractivity contribution < 1.29 is 23.8 Å². The molecule has 0 saturated heterocycles. The Balaban J connectivity index is 1.37. The Kier molecular flexibility index (Phi) is 5.54. The Bertz CT molecular complexity index is 1040. The van der Waals surface area contributed by atoms with Gasteiger partial charge in [-0.15, -0.1) is 5.10 Å². The van der Waals surface area contributed by atoms with Gasteiger partial charge in [0.1, 0.15) is 17.6 Å². The number of rotatable bonds is 7. The number of nitrogens with one attached hydrogen (secondary N) is 1. The van der Waals surface area contributed by atoms with Crippen molar-refractivity contribution in [3.63, 3.8) is 0 Å². The smallest absolute Gasteiger partial charge is 0.420 e. The lowest BCUT2D eigenvalue weighted by molar-refractivity contribution is 0.0833. The van der Waals surface area contributed by atoms with Gasteiger partial charge < -0.3 is 24.3 Å². The summed E-state index contributed by atoms with van der Waals surface area (Å²) in [6.07, 6.45) is 0.565. The zero-order valence-electron chi connectivity index (χ0n) is 17.7. The van der Waals surface area contributed by atoms with Gasteiger partial charge in [-0.2, -0.15) is 0 Å². The minimum atomic E-state index is -0.987. The third-order valence-electron chi connectivity index (χ3n) is 5.59. The van der Waals surface area contributed by atoms with Crippen LogP contribution in [0, 0.1) is 6.92 Å². The second kappa shape index (κ2) is 8.29. The number of nitrogens with zero attached hydrogens (tertiary/aromatic N) is 2. The van der Waals surface area contributed by atoms with Crippen LogP contribution < -0.4 is 14.8 Å². The largest absolute Gasteiger partial charge is 0.490 e. The molecule has 0 spiro atoms. The molecule has 2 aromatic carbocycles. The lowest BCUT2D eigenvalue weighted by Gasteiger charge is -2.35. The maximum absolute atomic E-state index is 10.6. The number of hydrogen-bond acceptors (Lipinski definition) is 6. The summed E-state index contributed by atoms with van der Waals surface area (Å²) in [6.45, 7) is 6.03. The first kappa shape index (κ1) is 20.7. The molecular weight excluding hydrogens is 398 g/mol. The van der Waals surface area contributed by atoms with Gasteiger partial charge in [-0.1, -0.05) is 43.2 Å². The van der Waals surface area contributed by atoms with E-state index in [-0.39, 0.29) is 23.6 Å². The normalized spacial score (nSPS) is 18.2. The lowest BCUT2D eigenvalue weighted by Crippen LogP contribution is -2.48. The third kappa shape index (κ3) is 4.79. The number of benzene rings is 2. The summed E-state index contributed by atoms with van der Waals surface area (Å²) in [7, 11) is 0. The molecule has 1 saturated carbocycles. The van der Waals surface area contributed by atoms with E-state index in [2.05, 4.69) is 41.5 Å². The van der Waals surface area contributed by atoms with Gasteiger partial charge in [0.2, 0.25) is 5.89 Å². The van der Waals surface area contributed by atoms with Crippen molar-refractivity contribution in [3.05, 3.63) is 65.5 Å². The molecule has 1 heterocycles. The lowest BCUT2D eigenvalue weighted by atomic mass is 9.78. The Morgan fingerprint density at radius 3 is 2.13 bits per heavy atom. The SMILES string of the molecule is Cc1nnc(Oc2ccc(C(C)(C)c3ccc(O[C@H]4C[C@H](NC(=O)O)C4)cc3)cc2)o1. The second-order valence-electron chi connectivity index (χ2n) is 8.22. The number of ether oxygens (including phenoxy) is 2. The molecule has 0 bridgehead atoms. The van der Waals surface area contributed by atoms with Crippen LogP contribution >= 0.6 is 0 Å². The van der Waals surface area contributed by atoms with Crippen LogP contribution in [0.1, 0.15) is 43.7 Å². The Labute approximate surface area is 180 Å². The summed E-state index contributed by atoms with van der Waals surface area (Å²) in [5, 5.41) is 18.8. The second-order valence-corrected chi connectivity index (χ2v) is 8.22. The summed E-state index contributed by atoms with van der Waals surface area (Å²) in [5.41, 5.74) is 2.07. The van der Waals surface area contributed by atoms with E-state index in [4.69, 9.17) is 19.0 Å². The van der Waals surface area contributed by atoms with Gasteiger partial charge in [-0.25, -0.2) is 4.79 Å². The van der Waals surface area contributed by atoms with Crippen molar-refractivity contribution in [3.8, 4) is 17.6 Å². The van der Waals surface area contributed by atoms with Crippen molar-refractivity contribution in [2.24, 2.45) is 0 Å². The highest BCUT2D eigenvalue weighted by Crippen LogP contribution is 2.34. The van der Waals surface area contributed by atoms with Crippen molar-refractivity contribution in [2.45, 2.75) is 51.2 Å². The molecule has 0 atom stereocenters. The monoisotopic (exact) mass is 423 g/mol. The molecule has 3 aromatic rings. The first-order chi connectivity index (χ1) is 14.8. The zero-order chi connectivity index (χ0) is 22.0. The van der Waals surface area contributed by atoms with E-state index in [1.165, 1.54) is 0 Å². The predicted molar refractivity (Wildman–Crippen MR) is 113 cm³/mol. The average molecular weight is 423 g/mol. The zero-order valence-corrected chi connectivity index (χ0v) is 17.7. The predicted octanol–water partition coefficient (Wildman–Crippen LogP) is 4.67. The molecule has 8 nitrogen and oxygen atoms in total. The number of carbonyl (C=O) groups is 1. The molecule has 1 amide bonds. The molecule has 1 aliphatic carbocycles. The molecule has 0 aliphatic heterocycles. The summed E-state index contributed by atoms with van der Waals surface area (Å²) >= 11 is 0. The molecule has 31 heavy (non-hydrogen) atoms. The first-order valence-corrected chi connectivity index (χ1v) is 10.1. The Morgan fingerprint density at radius 1 is 1.03 bits per heavy atom. The molecule has 1 aliphatic rings. The van der Waals surface area contributed by atoms with Gasteiger partial charge in [-0.05, 0) is 35.4 Å². The van der Waals surface area contributed by atoms with Crippen molar-refractivity contribution in [1.82, 2.24) is 15.5 Å². The van der Waals surface area contributed by atoms with Gasteiger partial charge in [0.25, 0.3) is 0 Å². The average Bonchev–Trinajstić information content (AvgIpc) is 3.11. The van der Waals surface area contributed by atoms with Crippen LogP contribution in [0.25, 0.3) is 0 Å². The first-order valence-electron chi connectivity index (χ1n) is 10.1. The highest BCUT2D eigenvalue weighted by Gasteiger charge is 2.32. The summed E-state index contributed by atoms with van der Waals surface area (Å²) in [5.74, 6) is 1.87. The number of carboxylic acid groups (broad SMARTS) is 1. The number of hydrogen-bond donors (Lipinski definition) is 2. The van der Waals surface area contributed by atoms with E-state index in [9.17, 15) is 4.79 Å². The van der Waals surface area contributed by atoms with Crippen LogP contribution in [-0.2, 0) is 5.41 Å². The quantitative estimate of drug-likeness (QED) is 0.568. The molecule has 1 fully saturated rings. The van der Waals surface area contributed by atoms with Gasteiger partial charge in [0, 0.05) is 31.2 Å². The van der Waals surface area contributed by atoms with E-state index in [0.717, 1.165) is 16.9 Å². The van der Waals surface area contributed by atoms with Crippen LogP contribution in [0.2, 0.25) is 0 Å². The maximum atomic E-state index is 10.6. The molecule has 2 N–H and O–H groups in total. The van der Waals surface area contributed by atoms with Crippen molar-refractivity contribution in [2.75, 3.05) is 0 Å². The van der Waals surface area contributed by atoms with Crippen molar-refractivity contribution >= 4 is 6.09 Å². The van der Waals surface area contributed by atoms with Crippen molar-refractivity contribution in [1.29, 1.82) is 0 Å². The summed E-state index contributed by atoms with van der Waals surface area (Å²) < 4.78 is 16.8. The molecule has 0 radical (unpaired) electrons. The van der Waals surface area contributed by atoms with E-state index in [1.54, 1.807) is 6.92 Å². The number of amides is 1. The molecular formula is C23H25N3O5. The fraction of sp³-hybridized carbons (Fsp3) is 0.348. The fourth-order valence-corrected chi connectivity index (χ4v) is 3.62. The van der Waals surface area contributed by atoms with Crippen LogP contribution in [-0.4, -0.2) is 33.5 Å². The standard InChI is InChI=1S/C23H25N3O5/c1-14-25-26-22(29-14)31-19-10-6-16(7-11-19)23(2,3)15-4-8-18(9-5-15)30-20-12-17(13-20)24-21(27)28/h4-11,17,20,24H,12-13H2,1-3H3,(H,27,28)/t17-,20-. The molecule has 0 unspecified atom stereocenters. The molecule has 162 valence electrons. The topological polar surface area (TPSA) is 107 Å². The molecule has 1 aromatic heterocycles. The number of aromatic nitrogens is 2. The van der Waals surface area contributed by atoms with Crippen LogP contribution in [0.4, 0.5) is 4.79 Å². The van der Waals surface area contributed by atoms with E-state index in [1.807, 2.05) is 36.4 Å². The van der Waals surface area contributed by atoms with Gasteiger partial charge in [-0.3, -0.25) is 0 Å². The highest BCUT2D eigenvalue weighted by molar-refractivity contribution is 5.65. The van der Waals surface area contributed by atoms with E-state index < -0.39 is 6.09 Å². The summed E-state index contributed by atoms with van der Waals surface area (Å²) in [6, 6.07) is 15.8. The minimum absolute atomic E-state index is 0.0171. The molecule has 4 rings (SSSR count). The molecule has 8 heteroatoms. The Hall–Kier alpha value is -3.55. The number of aryl methyl sites for hydroxylation is 1. The van der Waals surface area contributed by atoms with Gasteiger partial charge >= 0.3 is 12.2 Å². The van der Waals surface area contributed by atoms with Gasteiger partial charge in [0.05, 0.1) is 0 Å². The summed E-state index contributed by atoms with van der Waals surface area (Å²) in [4.78, 5) is 10.6. The maximum Gasteiger partial charge on any atom is 0.420 e. The third-order valence-corrected chi connectivity index (χ3v) is 5.59. The minimum Gasteiger partial charge on any atom is -0.490 e. The van der Waals surface area contributed by atoms with Crippen LogP contribution in [0.5, 0.6) is 17.6 Å². The highest BCUT2D eigenvalue weighted by atomic mass is 16.6.